The number of carbonyl (C=O) groups is 2. The molecule has 1 aromatic carbocycles. The van der Waals surface area contributed by atoms with Gasteiger partial charge in [-0.3, -0.25) is 14.5 Å². The van der Waals surface area contributed by atoms with E-state index in [1.807, 2.05) is 0 Å². The quantitative estimate of drug-likeness (QED) is 0.606. The van der Waals surface area contributed by atoms with Crippen molar-refractivity contribution in [2.75, 3.05) is 14.2 Å². The second kappa shape index (κ2) is 5.40. The van der Waals surface area contributed by atoms with Crippen molar-refractivity contribution in [3.8, 4) is 11.5 Å². The molecule has 1 aliphatic rings. The van der Waals surface area contributed by atoms with Gasteiger partial charge in [0.05, 0.1) is 20.8 Å². The largest absolute Gasteiger partial charge is 0.497 e. The minimum Gasteiger partial charge on any atom is -0.497 e. The molecule has 0 atom stereocenters. The minimum atomic E-state index is -0.467. The minimum absolute atomic E-state index is 0.00229. The van der Waals surface area contributed by atoms with Gasteiger partial charge in [-0.05, 0) is 24.5 Å². The molecule has 1 aromatic rings. The third-order valence-corrected chi connectivity index (χ3v) is 3.27. The SMILES string of the molecule is [B]C1=C(C)C(=O)N(Cc2ccc(OC)cc2OC)C1=O. The van der Waals surface area contributed by atoms with Gasteiger partial charge in [0.2, 0.25) is 5.91 Å². The van der Waals surface area contributed by atoms with E-state index in [1.165, 1.54) is 7.11 Å². The number of carbonyl (C=O) groups excluding carboxylic acids is 2. The van der Waals surface area contributed by atoms with E-state index in [0.717, 1.165) is 4.90 Å². The maximum atomic E-state index is 12.0. The summed E-state index contributed by atoms with van der Waals surface area (Å²) in [7, 11) is 8.66. The maximum Gasteiger partial charge on any atom is 0.256 e. The van der Waals surface area contributed by atoms with Gasteiger partial charge in [-0.2, -0.15) is 0 Å². The molecule has 0 spiro atoms. The van der Waals surface area contributed by atoms with Crippen molar-refractivity contribution in [2.24, 2.45) is 0 Å². The second-order valence-electron chi connectivity index (χ2n) is 4.41. The van der Waals surface area contributed by atoms with Crippen LogP contribution in [0.15, 0.2) is 29.2 Å². The van der Waals surface area contributed by atoms with Gasteiger partial charge in [-0.25, -0.2) is 0 Å². The third kappa shape index (κ3) is 2.29. The number of rotatable bonds is 4. The predicted molar refractivity (Wildman–Crippen MR) is 73.6 cm³/mol. The molecule has 6 heteroatoms. The third-order valence-electron chi connectivity index (χ3n) is 3.27. The average Bonchev–Trinajstić information content (AvgIpc) is 2.65. The monoisotopic (exact) mass is 271 g/mol. The van der Waals surface area contributed by atoms with E-state index >= 15 is 0 Å². The molecule has 0 aromatic heterocycles. The lowest BCUT2D eigenvalue weighted by Crippen LogP contribution is -2.31. The summed E-state index contributed by atoms with van der Waals surface area (Å²) in [4.78, 5) is 25.0. The topological polar surface area (TPSA) is 55.8 Å². The molecule has 2 rings (SSSR count). The van der Waals surface area contributed by atoms with Gasteiger partial charge in [0.25, 0.3) is 5.91 Å². The van der Waals surface area contributed by atoms with Gasteiger partial charge < -0.3 is 9.47 Å². The highest BCUT2D eigenvalue weighted by Crippen LogP contribution is 2.28. The summed E-state index contributed by atoms with van der Waals surface area (Å²) in [6.07, 6.45) is 0. The Morgan fingerprint density at radius 2 is 1.85 bits per heavy atom. The molecule has 20 heavy (non-hydrogen) atoms. The molecule has 0 unspecified atom stereocenters. The van der Waals surface area contributed by atoms with E-state index in [0.29, 0.717) is 17.1 Å². The summed E-state index contributed by atoms with van der Waals surface area (Å²) in [5.41, 5.74) is 0.988. The first-order chi connectivity index (χ1) is 9.49. The highest BCUT2D eigenvalue weighted by Gasteiger charge is 2.33. The maximum absolute atomic E-state index is 12.0. The Balaban J connectivity index is 2.28. The zero-order chi connectivity index (χ0) is 14.9. The summed E-state index contributed by atoms with van der Waals surface area (Å²) < 4.78 is 10.4. The van der Waals surface area contributed by atoms with Crippen molar-refractivity contribution in [3.05, 3.63) is 34.8 Å². The van der Waals surface area contributed by atoms with Crippen LogP contribution in [0.4, 0.5) is 0 Å². The normalized spacial score (nSPS) is 15.1. The molecule has 5 nitrogen and oxygen atoms in total. The van der Waals surface area contributed by atoms with Gasteiger partial charge in [0.1, 0.15) is 19.3 Å². The second-order valence-corrected chi connectivity index (χ2v) is 4.41. The zero-order valence-corrected chi connectivity index (χ0v) is 11.6. The van der Waals surface area contributed by atoms with Crippen LogP contribution in [0, 0.1) is 0 Å². The Hall–Kier alpha value is -2.24. The van der Waals surface area contributed by atoms with Crippen LogP contribution in [0.5, 0.6) is 11.5 Å². The van der Waals surface area contributed by atoms with Gasteiger partial charge in [0, 0.05) is 17.2 Å². The Kier molecular flexibility index (Phi) is 3.83. The number of nitrogens with zero attached hydrogens (tertiary/aromatic N) is 1. The lowest BCUT2D eigenvalue weighted by atomic mass is 9.92. The van der Waals surface area contributed by atoms with Crippen molar-refractivity contribution in [2.45, 2.75) is 13.5 Å². The van der Waals surface area contributed by atoms with E-state index in [4.69, 9.17) is 17.3 Å². The highest BCUT2D eigenvalue weighted by atomic mass is 16.5. The number of methoxy groups -OCH3 is 2. The molecule has 2 amide bonds. The van der Waals surface area contributed by atoms with Crippen molar-refractivity contribution >= 4 is 19.7 Å². The first-order valence-electron chi connectivity index (χ1n) is 6.03. The van der Waals surface area contributed by atoms with Crippen LogP contribution < -0.4 is 9.47 Å². The summed E-state index contributed by atoms with van der Waals surface area (Å²) in [6.45, 7) is 1.66. The standard InChI is InChI=1S/C14H14BNO4/c1-8-12(15)14(18)16(13(8)17)7-9-4-5-10(19-2)6-11(9)20-3/h4-6H,7H2,1-3H3. The average molecular weight is 271 g/mol. The molecule has 0 saturated carbocycles. The number of amides is 2. The Labute approximate surface area is 118 Å². The summed E-state index contributed by atoms with van der Waals surface area (Å²) in [6, 6.07) is 5.19. The molecule has 1 heterocycles. The first kappa shape index (κ1) is 14.2. The van der Waals surface area contributed by atoms with Gasteiger partial charge in [0.15, 0.2) is 0 Å². The number of hydrogen-bond donors (Lipinski definition) is 0. The molecule has 0 saturated heterocycles. The first-order valence-corrected chi connectivity index (χ1v) is 6.03. The predicted octanol–water partition coefficient (Wildman–Crippen LogP) is 1.02. The Morgan fingerprint density at radius 3 is 2.35 bits per heavy atom. The lowest BCUT2D eigenvalue weighted by molar-refractivity contribution is -0.138. The molecule has 2 radical (unpaired) electrons. The number of imide groups is 1. The van der Waals surface area contributed by atoms with Crippen molar-refractivity contribution in [1.82, 2.24) is 4.90 Å². The Morgan fingerprint density at radius 1 is 1.15 bits per heavy atom. The fourth-order valence-corrected chi connectivity index (χ4v) is 2.01. The fraction of sp³-hybridized carbons (Fsp3) is 0.286. The molecule has 0 aliphatic carbocycles. The zero-order valence-electron chi connectivity index (χ0n) is 11.6. The van der Waals surface area contributed by atoms with Crippen molar-refractivity contribution in [3.63, 3.8) is 0 Å². The number of benzene rings is 1. The summed E-state index contributed by atoms with van der Waals surface area (Å²) >= 11 is 0. The molecule has 0 bridgehead atoms. The van der Waals surface area contributed by atoms with Gasteiger partial charge >= 0.3 is 0 Å². The highest BCUT2D eigenvalue weighted by molar-refractivity contribution is 6.43. The molecular weight excluding hydrogens is 257 g/mol. The van der Waals surface area contributed by atoms with E-state index in [1.54, 1.807) is 32.2 Å². The number of ether oxygens (including phenoxy) is 2. The fourth-order valence-electron chi connectivity index (χ4n) is 2.01. The summed E-state index contributed by atoms with van der Waals surface area (Å²) in [5.74, 6) is 0.349. The van der Waals surface area contributed by atoms with Gasteiger partial charge in [-0.1, -0.05) is 0 Å². The smallest absolute Gasteiger partial charge is 0.256 e. The van der Waals surface area contributed by atoms with Crippen LogP contribution in [-0.2, 0) is 16.1 Å². The van der Waals surface area contributed by atoms with E-state index in [2.05, 4.69) is 0 Å². The van der Waals surface area contributed by atoms with E-state index in [9.17, 15) is 9.59 Å². The van der Waals surface area contributed by atoms with Gasteiger partial charge in [-0.15, -0.1) is 0 Å². The summed E-state index contributed by atoms with van der Waals surface area (Å²) in [5, 5.41) is 0. The van der Waals surface area contributed by atoms with E-state index < -0.39 is 5.91 Å². The van der Waals surface area contributed by atoms with Crippen LogP contribution in [0.25, 0.3) is 0 Å². The lowest BCUT2D eigenvalue weighted by Gasteiger charge is -2.17. The molecule has 0 fully saturated rings. The molecule has 1 aliphatic heterocycles. The van der Waals surface area contributed by atoms with Crippen LogP contribution in [0.2, 0.25) is 0 Å². The van der Waals surface area contributed by atoms with Crippen LogP contribution >= 0.6 is 0 Å². The van der Waals surface area contributed by atoms with Crippen LogP contribution in [-0.4, -0.2) is 38.8 Å². The van der Waals surface area contributed by atoms with Crippen molar-refractivity contribution in [1.29, 1.82) is 0 Å². The molecular formula is C14H14BNO4. The van der Waals surface area contributed by atoms with Crippen molar-refractivity contribution < 1.29 is 19.1 Å². The molecule has 0 N–H and O–H groups in total. The van der Waals surface area contributed by atoms with E-state index in [-0.39, 0.29) is 23.5 Å². The number of hydrogen-bond acceptors (Lipinski definition) is 4. The Bertz CT molecular complexity index is 585. The molecule has 102 valence electrons. The van der Waals surface area contributed by atoms with Crippen LogP contribution in [0.1, 0.15) is 12.5 Å². The van der Waals surface area contributed by atoms with Crippen LogP contribution in [0.3, 0.4) is 0 Å².